The molecule has 1 heterocycles. The van der Waals surface area contributed by atoms with Crippen LogP contribution < -0.4 is 4.90 Å². The first-order valence-electron chi connectivity index (χ1n) is 6.27. The van der Waals surface area contributed by atoms with E-state index < -0.39 is 0 Å². The van der Waals surface area contributed by atoms with Crippen LogP contribution in [0.3, 0.4) is 0 Å². The molecule has 2 heteroatoms. The lowest BCUT2D eigenvalue weighted by Gasteiger charge is -2.26. The maximum absolute atomic E-state index is 4.73. The highest BCUT2D eigenvalue weighted by Crippen LogP contribution is 2.15. The molecule has 0 saturated carbocycles. The Bertz CT molecular complexity index is 318. The second-order valence-electron chi connectivity index (χ2n) is 4.96. The molecular weight excluding hydrogens is 196 g/mol. The van der Waals surface area contributed by atoms with Crippen molar-refractivity contribution in [3.63, 3.8) is 0 Å². The van der Waals surface area contributed by atoms with Crippen molar-refractivity contribution < 1.29 is 0 Å². The molecular formula is C14H24N2. The van der Waals surface area contributed by atoms with Gasteiger partial charge in [-0.25, -0.2) is 4.98 Å². The molecule has 0 aliphatic carbocycles. The lowest BCUT2D eigenvalue weighted by atomic mass is 10.1. The molecule has 0 aliphatic rings. The fourth-order valence-electron chi connectivity index (χ4n) is 1.95. The highest BCUT2D eigenvalue weighted by Gasteiger charge is 2.10. The van der Waals surface area contributed by atoms with Gasteiger partial charge in [-0.3, -0.25) is 0 Å². The van der Waals surface area contributed by atoms with E-state index in [1.165, 1.54) is 5.69 Å². The zero-order chi connectivity index (χ0) is 12.1. The van der Waals surface area contributed by atoms with Gasteiger partial charge in [0.15, 0.2) is 0 Å². The van der Waals surface area contributed by atoms with Crippen molar-refractivity contribution in [1.29, 1.82) is 0 Å². The Morgan fingerprint density at radius 3 is 2.38 bits per heavy atom. The summed E-state index contributed by atoms with van der Waals surface area (Å²) in [7, 11) is 0. The van der Waals surface area contributed by atoms with Crippen molar-refractivity contribution >= 4 is 5.82 Å². The number of nitrogens with zero attached hydrogens (tertiary/aromatic N) is 2. The SMILES string of the molecule is CCN(c1cccc(CC(C)C)n1)C(C)C. The minimum atomic E-state index is 0.506. The Kier molecular flexibility index (Phi) is 4.78. The van der Waals surface area contributed by atoms with Crippen molar-refractivity contribution in [1.82, 2.24) is 4.98 Å². The van der Waals surface area contributed by atoms with Crippen LogP contribution in [-0.2, 0) is 6.42 Å². The maximum Gasteiger partial charge on any atom is 0.129 e. The van der Waals surface area contributed by atoms with Gasteiger partial charge < -0.3 is 4.90 Å². The first-order chi connectivity index (χ1) is 7.54. The molecule has 0 radical (unpaired) electrons. The molecule has 0 aromatic carbocycles. The molecule has 0 bridgehead atoms. The van der Waals surface area contributed by atoms with E-state index in [1.54, 1.807) is 0 Å². The molecule has 0 fully saturated rings. The summed E-state index contributed by atoms with van der Waals surface area (Å²) in [4.78, 5) is 7.05. The summed E-state index contributed by atoms with van der Waals surface area (Å²) in [6, 6.07) is 6.85. The molecule has 1 aromatic rings. The van der Waals surface area contributed by atoms with Crippen LogP contribution in [0.2, 0.25) is 0 Å². The first kappa shape index (κ1) is 13.0. The van der Waals surface area contributed by atoms with Crippen molar-refractivity contribution in [2.75, 3.05) is 11.4 Å². The number of aromatic nitrogens is 1. The molecule has 0 aliphatic heterocycles. The van der Waals surface area contributed by atoms with E-state index in [1.807, 2.05) is 0 Å². The minimum Gasteiger partial charge on any atom is -0.354 e. The quantitative estimate of drug-likeness (QED) is 0.755. The molecule has 0 unspecified atom stereocenters. The third-order valence-electron chi connectivity index (χ3n) is 2.67. The molecule has 0 atom stereocenters. The van der Waals surface area contributed by atoms with E-state index in [0.29, 0.717) is 12.0 Å². The van der Waals surface area contributed by atoms with Gasteiger partial charge >= 0.3 is 0 Å². The van der Waals surface area contributed by atoms with Gasteiger partial charge in [0, 0.05) is 18.3 Å². The third kappa shape index (κ3) is 3.51. The van der Waals surface area contributed by atoms with Gasteiger partial charge in [0.05, 0.1) is 0 Å². The maximum atomic E-state index is 4.73. The van der Waals surface area contributed by atoms with Crippen molar-refractivity contribution in [2.45, 2.75) is 47.1 Å². The van der Waals surface area contributed by atoms with Gasteiger partial charge in [-0.15, -0.1) is 0 Å². The van der Waals surface area contributed by atoms with Crippen LogP contribution in [0.25, 0.3) is 0 Å². The van der Waals surface area contributed by atoms with Crippen molar-refractivity contribution in [2.24, 2.45) is 5.92 Å². The van der Waals surface area contributed by atoms with E-state index in [0.717, 1.165) is 18.8 Å². The normalized spacial score (nSPS) is 11.2. The first-order valence-corrected chi connectivity index (χ1v) is 6.27. The average molecular weight is 220 g/mol. The summed E-state index contributed by atoms with van der Waals surface area (Å²) in [6.45, 7) is 12.1. The van der Waals surface area contributed by atoms with E-state index in [2.05, 4.69) is 57.7 Å². The summed E-state index contributed by atoms with van der Waals surface area (Å²) in [5.41, 5.74) is 1.20. The van der Waals surface area contributed by atoms with Crippen molar-refractivity contribution in [3.8, 4) is 0 Å². The fraction of sp³-hybridized carbons (Fsp3) is 0.643. The molecule has 0 N–H and O–H groups in total. The second-order valence-corrected chi connectivity index (χ2v) is 4.96. The average Bonchev–Trinajstić information content (AvgIpc) is 2.17. The third-order valence-corrected chi connectivity index (χ3v) is 2.67. The van der Waals surface area contributed by atoms with Crippen molar-refractivity contribution in [3.05, 3.63) is 23.9 Å². The van der Waals surface area contributed by atoms with Crippen LogP contribution in [0.4, 0.5) is 5.82 Å². The summed E-state index contributed by atoms with van der Waals surface area (Å²) < 4.78 is 0. The second kappa shape index (κ2) is 5.88. The standard InChI is InChI=1S/C14H24N2/c1-6-16(12(4)5)14-9-7-8-13(15-14)10-11(2)3/h7-9,11-12H,6,10H2,1-5H3. The van der Waals surface area contributed by atoms with Gasteiger partial charge in [-0.2, -0.15) is 0 Å². The summed E-state index contributed by atoms with van der Waals surface area (Å²) >= 11 is 0. The summed E-state index contributed by atoms with van der Waals surface area (Å²) in [5, 5.41) is 0. The van der Waals surface area contributed by atoms with E-state index in [9.17, 15) is 0 Å². The lowest BCUT2D eigenvalue weighted by molar-refractivity contribution is 0.630. The molecule has 90 valence electrons. The molecule has 0 saturated heterocycles. The molecule has 0 spiro atoms. The number of hydrogen-bond acceptors (Lipinski definition) is 2. The van der Waals surface area contributed by atoms with Crippen LogP contribution in [-0.4, -0.2) is 17.6 Å². The highest BCUT2D eigenvalue weighted by molar-refractivity contribution is 5.40. The highest BCUT2D eigenvalue weighted by atomic mass is 15.2. The zero-order valence-electron chi connectivity index (χ0n) is 11.2. The number of hydrogen-bond donors (Lipinski definition) is 0. The number of anilines is 1. The molecule has 16 heavy (non-hydrogen) atoms. The van der Waals surface area contributed by atoms with Gasteiger partial charge in [-0.1, -0.05) is 19.9 Å². The predicted molar refractivity (Wildman–Crippen MR) is 70.9 cm³/mol. The Hall–Kier alpha value is -1.05. The van der Waals surface area contributed by atoms with Crippen LogP contribution in [0.5, 0.6) is 0 Å². The minimum absolute atomic E-state index is 0.506. The van der Waals surface area contributed by atoms with Gasteiger partial charge in [0.1, 0.15) is 5.82 Å². The molecule has 2 nitrogen and oxygen atoms in total. The van der Waals surface area contributed by atoms with Gasteiger partial charge in [0.2, 0.25) is 0 Å². The molecule has 0 amide bonds. The van der Waals surface area contributed by atoms with Crippen LogP contribution in [0, 0.1) is 5.92 Å². The Morgan fingerprint density at radius 1 is 1.19 bits per heavy atom. The van der Waals surface area contributed by atoms with Crippen LogP contribution in [0.1, 0.15) is 40.3 Å². The van der Waals surface area contributed by atoms with Gasteiger partial charge in [0.25, 0.3) is 0 Å². The Labute approximate surface area is 99.7 Å². The zero-order valence-corrected chi connectivity index (χ0v) is 11.2. The fourth-order valence-corrected chi connectivity index (χ4v) is 1.95. The smallest absolute Gasteiger partial charge is 0.129 e. The number of rotatable bonds is 5. The largest absolute Gasteiger partial charge is 0.354 e. The van der Waals surface area contributed by atoms with Crippen LogP contribution in [0.15, 0.2) is 18.2 Å². The lowest BCUT2D eigenvalue weighted by Crippen LogP contribution is -2.31. The Balaban J connectivity index is 2.88. The molecule has 1 aromatic heterocycles. The van der Waals surface area contributed by atoms with Gasteiger partial charge in [-0.05, 0) is 45.2 Å². The number of pyridine rings is 1. The van der Waals surface area contributed by atoms with E-state index in [4.69, 9.17) is 4.98 Å². The summed E-state index contributed by atoms with van der Waals surface area (Å²) in [6.07, 6.45) is 1.06. The van der Waals surface area contributed by atoms with E-state index >= 15 is 0 Å². The molecule has 1 rings (SSSR count). The monoisotopic (exact) mass is 220 g/mol. The predicted octanol–water partition coefficient (Wildman–Crippen LogP) is 3.51. The van der Waals surface area contributed by atoms with Crippen LogP contribution >= 0.6 is 0 Å². The Morgan fingerprint density at radius 2 is 1.88 bits per heavy atom. The van der Waals surface area contributed by atoms with E-state index in [-0.39, 0.29) is 0 Å². The summed E-state index contributed by atoms with van der Waals surface area (Å²) in [5.74, 6) is 1.77. The topological polar surface area (TPSA) is 16.1 Å².